The van der Waals surface area contributed by atoms with Crippen molar-refractivity contribution in [2.45, 2.75) is 70.4 Å². The summed E-state index contributed by atoms with van der Waals surface area (Å²) in [6.45, 7) is 3.33. The maximum Gasteiger partial charge on any atom is 0.0555 e. The van der Waals surface area contributed by atoms with Gasteiger partial charge < -0.3 is 10.4 Å². The van der Waals surface area contributed by atoms with Crippen molar-refractivity contribution in [1.82, 2.24) is 5.32 Å². The Morgan fingerprint density at radius 3 is 2.67 bits per heavy atom. The smallest absolute Gasteiger partial charge is 0.0555 e. The summed E-state index contributed by atoms with van der Waals surface area (Å²) >= 11 is 0. The van der Waals surface area contributed by atoms with E-state index in [0.29, 0.717) is 11.5 Å². The molecule has 0 radical (unpaired) electrons. The number of rotatable bonds is 3. The molecule has 2 aliphatic carbocycles. The van der Waals surface area contributed by atoms with E-state index in [9.17, 15) is 5.11 Å². The van der Waals surface area contributed by atoms with E-state index in [0.717, 1.165) is 19.4 Å². The number of nitrogens with one attached hydrogen (secondary N) is 1. The predicted molar refractivity (Wildman–Crippen MR) is 62.8 cm³/mol. The number of aliphatic hydroxyl groups excluding tert-OH is 1. The van der Waals surface area contributed by atoms with Gasteiger partial charge in [0, 0.05) is 6.04 Å². The standard InChI is InChI=1S/C13H25NO/c1-2-9-14-12-10-11(15)5-8-13(12)6-3-4-7-13/h11-12,14-15H,2-10H2,1H3. The van der Waals surface area contributed by atoms with Gasteiger partial charge in [-0.2, -0.15) is 0 Å². The van der Waals surface area contributed by atoms with Crippen molar-refractivity contribution in [2.24, 2.45) is 5.41 Å². The Morgan fingerprint density at radius 2 is 2.00 bits per heavy atom. The summed E-state index contributed by atoms with van der Waals surface area (Å²) in [6.07, 6.45) is 10.00. The molecule has 2 aliphatic rings. The third kappa shape index (κ3) is 2.36. The summed E-state index contributed by atoms with van der Waals surface area (Å²) < 4.78 is 0. The highest BCUT2D eigenvalue weighted by Gasteiger charge is 2.44. The molecule has 88 valence electrons. The molecule has 0 amide bonds. The minimum absolute atomic E-state index is 0.0504. The molecule has 0 aromatic rings. The molecule has 2 rings (SSSR count). The van der Waals surface area contributed by atoms with E-state index >= 15 is 0 Å². The molecule has 15 heavy (non-hydrogen) atoms. The van der Waals surface area contributed by atoms with Crippen molar-refractivity contribution in [3.05, 3.63) is 0 Å². The zero-order valence-electron chi connectivity index (χ0n) is 9.97. The van der Waals surface area contributed by atoms with Crippen molar-refractivity contribution in [1.29, 1.82) is 0 Å². The largest absolute Gasteiger partial charge is 0.393 e. The Bertz CT molecular complexity index is 199. The Hall–Kier alpha value is -0.0800. The minimum atomic E-state index is -0.0504. The lowest BCUT2D eigenvalue weighted by molar-refractivity contribution is 0.0329. The third-order valence-corrected chi connectivity index (χ3v) is 4.46. The molecule has 1 spiro atoms. The van der Waals surface area contributed by atoms with Gasteiger partial charge in [-0.25, -0.2) is 0 Å². The fraction of sp³-hybridized carbons (Fsp3) is 1.00. The van der Waals surface area contributed by atoms with Gasteiger partial charge in [0.2, 0.25) is 0 Å². The molecule has 2 N–H and O–H groups in total. The molecule has 0 saturated heterocycles. The fourth-order valence-corrected chi connectivity index (χ4v) is 3.56. The molecule has 2 nitrogen and oxygen atoms in total. The molecule has 0 aromatic carbocycles. The van der Waals surface area contributed by atoms with Gasteiger partial charge in [-0.3, -0.25) is 0 Å². The number of aliphatic hydroxyl groups is 1. The van der Waals surface area contributed by atoms with Crippen LogP contribution in [0.4, 0.5) is 0 Å². The normalized spacial score (nSPS) is 34.8. The first-order valence-electron chi connectivity index (χ1n) is 6.68. The van der Waals surface area contributed by atoms with Gasteiger partial charge in [-0.1, -0.05) is 19.8 Å². The predicted octanol–water partition coefficient (Wildman–Crippen LogP) is 2.46. The Labute approximate surface area is 93.5 Å². The lowest BCUT2D eigenvalue weighted by Gasteiger charge is -2.44. The van der Waals surface area contributed by atoms with Crippen molar-refractivity contribution in [3.63, 3.8) is 0 Å². The van der Waals surface area contributed by atoms with E-state index in [-0.39, 0.29) is 6.10 Å². The average molecular weight is 211 g/mol. The van der Waals surface area contributed by atoms with Crippen LogP contribution in [0, 0.1) is 5.41 Å². The van der Waals surface area contributed by atoms with Gasteiger partial charge in [0.05, 0.1) is 6.10 Å². The zero-order valence-corrected chi connectivity index (χ0v) is 9.97. The van der Waals surface area contributed by atoms with Crippen LogP contribution in [0.1, 0.15) is 58.3 Å². The van der Waals surface area contributed by atoms with Crippen LogP contribution in [0.15, 0.2) is 0 Å². The summed E-state index contributed by atoms with van der Waals surface area (Å²) in [5.74, 6) is 0. The summed E-state index contributed by atoms with van der Waals surface area (Å²) in [4.78, 5) is 0. The van der Waals surface area contributed by atoms with Gasteiger partial charge in [0.1, 0.15) is 0 Å². The molecule has 2 unspecified atom stereocenters. The highest BCUT2D eigenvalue weighted by Crippen LogP contribution is 2.49. The molecule has 2 saturated carbocycles. The zero-order chi connectivity index (χ0) is 10.7. The highest BCUT2D eigenvalue weighted by atomic mass is 16.3. The Morgan fingerprint density at radius 1 is 1.27 bits per heavy atom. The topological polar surface area (TPSA) is 32.3 Å². The molecule has 0 heterocycles. The van der Waals surface area contributed by atoms with Crippen LogP contribution >= 0.6 is 0 Å². The van der Waals surface area contributed by atoms with Crippen molar-refractivity contribution >= 4 is 0 Å². The van der Waals surface area contributed by atoms with Gasteiger partial charge in [-0.05, 0) is 50.5 Å². The van der Waals surface area contributed by atoms with Gasteiger partial charge in [0.15, 0.2) is 0 Å². The van der Waals surface area contributed by atoms with E-state index in [2.05, 4.69) is 12.2 Å². The van der Waals surface area contributed by atoms with E-state index in [4.69, 9.17) is 0 Å². The van der Waals surface area contributed by atoms with E-state index in [1.165, 1.54) is 38.5 Å². The SMILES string of the molecule is CCCNC1CC(O)CCC12CCCC2. The Kier molecular flexibility index (Phi) is 3.68. The van der Waals surface area contributed by atoms with Crippen LogP contribution in [-0.4, -0.2) is 23.8 Å². The fourth-order valence-electron chi connectivity index (χ4n) is 3.56. The average Bonchev–Trinajstić information content (AvgIpc) is 2.70. The highest BCUT2D eigenvalue weighted by molar-refractivity contribution is 4.99. The molecule has 0 bridgehead atoms. The quantitative estimate of drug-likeness (QED) is 0.751. The van der Waals surface area contributed by atoms with E-state index in [1.54, 1.807) is 0 Å². The summed E-state index contributed by atoms with van der Waals surface area (Å²) in [6, 6.07) is 0.587. The van der Waals surface area contributed by atoms with Crippen LogP contribution < -0.4 is 5.32 Å². The molecular weight excluding hydrogens is 186 g/mol. The van der Waals surface area contributed by atoms with Crippen LogP contribution in [0.25, 0.3) is 0 Å². The van der Waals surface area contributed by atoms with Crippen LogP contribution in [-0.2, 0) is 0 Å². The molecule has 2 atom stereocenters. The Balaban J connectivity index is 1.99. The first-order chi connectivity index (χ1) is 7.27. The summed E-state index contributed by atoms with van der Waals surface area (Å²) in [5, 5.41) is 13.5. The monoisotopic (exact) mass is 211 g/mol. The second-order valence-corrected chi connectivity index (χ2v) is 5.50. The maximum absolute atomic E-state index is 9.78. The summed E-state index contributed by atoms with van der Waals surface area (Å²) in [5.41, 5.74) is 0.550. The second-order valence-electron chi connectivity index (χ2n) is 5.50. The van der Waals surface area contributed by atoms with E-state index < -0.39 is 0 Å². The van der Waals surface area contributed by atoms with Crippen molar-refractivity contribution in [3.8, 4) is 0 Å². The first-order valence-corrected chi connectivity index (χ1v) is 6.68. The molecule has 2 heteroatoms. The van der Waals surface area contributed by atoms with Gasteiger partial charge in [0.25, 0.3) is 0 Å². The lowest BCUT2D eigenvalue weighted by Crippen LogP contribution is -2.49. The first kappa shape index (κ1) is 11.4. The minimum Gasteiger partial charge on any atom is -0.393 e. The second kappa shape index (κ2) is 4.84. The maximum atomic E-state index is 9.78. The molecule has 0 aliphatic heterocycles. The van der Waals surface area contributed by atoms with Crippen LogP contribution in [0.5, 0.6) is 0 Å². The van der Waals surface area contributed by atoms with Gasteiger partial charge >= 0.3 is 0 Å². The number of hydrogen-bond donors (Lipinski definition) is 2. The van der Waals surface area contributed by atoms with Crippen molar-refractivity contribution < 1.29 is 5.11 Å². The van der Waals surface area contributed by atoms with Crippen LogP contribution in [0.2, 0.25) is 0 Å². The summed E-state index contributed by atoms with van der Waals surface area (Å²) in [7, 11) is 0. The van der Waals surface area contributed by atoms with Gasteiger partial charge in [-0.15, -0.1) is 0 Å². The molecule has 2 fully saturated rings. The lowest BCUT2D eigenvalue weighted by atomic mass is 9.68. The number of hydrogen-bond acceptors (Lipinski definition) is 2. The molecular formula is C13H25NO. The third-order valence-electron chi connectivity index (χ3n) is 4.46. The molecule has 0 aromatic heterocycles. The van der Waals surface area contributed by atoms with Crippen LogP contribution in [0.3, 0.4) is 0 Å². The van der Waals surface area contributed by atoms with E-state index in [1.807, 2.05) is 0 Å². The van der Waals surface area contributed by atoms with Crippen molar-refractivity contribution in [2.75, 3.05) is 6.54 Å².